The molecule has 0 amide bonds. The van der Waals surface area contributed by atoms with Gasteiger partial charge in [0, 0.05) is 32.9 Å². The number of likely N-dealkylation sites (tertiary alicyclic amines) is 1. The number of carbonyl (C=O) groups is 3. The molecule has 6 nitrogen and oxygen atoms in total. The van der Waals surface area contributed by atoms with E-state index in [2.05, 4.69) is 126 Å². The highest BCUT2D eigenvalue weighted by atomic mass is 16.1. The molecular formula is C51H99N3O3. The van der Waals surface area contributed by atoms with E-state index in [-0.39, 0.29) is 33.0 Å². The first-order valence-electron chi connectivity index (χ1n) is 23.6. The topological polar surface area (TPSA) is 78.5 Å². The highest BCUT2D eigenvalue weighted by molar-refractivity contribution is 5.94. The average molecular weight is 802 g/mol. The number of hydrogen-bond acceptors (Lipinski definition) is 6. The molecule has 1 fully saturated rings. The molecule has 3 atom stereocenters. The lowest BCUT2D eigenvalue weighted by atomic mass is 9.71. The Morgan fingerprint density at radius 3 is 1.23 bits per heavy atom. The van der Waals surface area contributed by atoms with E-state index < -0.39 is 16.5 Å². The Morgan fingerprint density at radius 2 is 0.860 bits per heavy atom. The second-order valence-corrected chi connectivity index (χ2v) is 25.0. The summed E-state index contributed by atoms with van der Waals surface area (Å²) in [6.07, 6.45) is 20.5. The molecule has 57 heavy (non-hydrogen) atoms. The van der Waals surface area contributed by atoms with Gasteiger partial charge >= 0.3 is 0 Å². The number of carbonyl (C=O) groups excluding carboxylic acids is 3. The van der Waals surface area contributed by atoms with Crippen LogP contribution >= 0.6 is 0 Å². The maximum atomic E-state index is 14.4. The summed E-state index contributed by atoms with van der Waals surface area (Å²) in [6, 6.07) is 0. The SMILES string of the molecule is CC(C)(C)NC(CCCCCCCCCCC[C@](C)(NC(C)(C)C)C(=O)C(C)(C)C)(CCCCCC[C@@]1(C(=O)C(C)(C)C)CCCN1C(C)(C)C)C(=O)C(C)(C)C. The fourth-order valence-electron chi connectivity index (χ4n) is 10.4. The largest absolute Gasteiger partial charge is 0.300 e. The van der Waals surface area contributed by atoms with Crippen molar-refractivity contribution in [2.45, 2.75) is 287 Å². The normalized spacial score (nSPS) is 20.1. The third kappa shape index (κ3) is 17.8. The van der Waals surface area contributed by atoms with E-state index >= 15 is 0 Å². The van der Waals surface area contributed by atoms with Crippen molar-refractivity contribution < 1.29 is 14.4 Å². The Kier molecular flexibility index (Phi) is 20.0. The second-order valence-electron chi connectivity index (χ2n) is 25.0. The summed E-state index contributed by atoms with van der Waals surface area (Å²) < 4.78 is 0. The van der Waals surface area contributed by atoms with Crippen LogP contribution in [0.1, 0.15) is 254 Å². The zero-order chi connectivity index (χ0) is 44.4. The molecule has 1 saturated heterocycles. The van der Waals surface area contributed by atoms with Crippen LogP contribution in [-0.2, 0) is 14.4 Å². The Balaban J connectivity index is 2.78. The van der Waals surface area contributed by atoms with E-state index in [0.717, 1.165) is 90.0 Å². The molecule has 1 aliphatic heterocycles. The molecule has 0 saturated carbocycles. The molecule has 0 spiro atoms. The lowest BCUT2D eigenvalue weighted by Crippen LogP contribution is -2.61. The molecular weight excluding hydrogens is 703 g/mol. The minimum atomic E-state index is -0.529. The molecule has 0 aromatic carbocycles. The van der Waals surface area contributed by atoms with Crippen LogP contribution in [0.25, 0.3) is 0 Å². The van der Waals surface area contributed by atoms with Crippen molar-refractivity contribution in [3.8, 4) is 0 Å². The third-order valence-electron chi connectivity index (χ3n) is 12.2. The molecule has 6 heteroatoms. The standard InChI is InChI=1S/C51H99N3O3/c1-43(2,3)40(55)49(19,52-46(10,11)12)34-29-25-23-21-20-22-24-26-30-35-50(53-47(13,14)15,41(56)44(4,5)6)36-31-27-28-32-37-51(42(57)45(7,8)9)38-33-39-54(51)48(16,17)18/h52-53H,20-39H2,1-19H3/t49-,50?,51-/m0/s1. The minimum absolute atomic E-state index is 0.0365. The number of Topliss-reactive ketones (excluding diaryl/α,β-unsaturated/α-hetero) is 3. The summed E-state index contributed by atoms with van der Waals surface area (Å²) in [7, 11) is 0. The molecule has 2 N–H and O–H groups in total. The van der Waals surface area contributed by atoms with Crippen LogP contribution in [0.3, 0.4) is 0 Å². The van der Waals surface area contributed by atoms with Gasteiger partial charge in [0.25, 0.3) is 0 Å². The van der Waals surface area contributed by atoms with Gasteiger partial charge in [-0.3, -0.25) is 19.3 Å². The first-order chi connectivity index (χ1) is 25.6. The highest BCUT2D eigenvalue weighted by Gasteiger charge is 2.53. The molecule has 1 rings (SSSR count). The first-order valence-corrected chi connectivity index (χ1v) is 23.6. The van der Waals surface area contributed by atoms with Gasteiger partial charge in [0.05, 0.1) is 16.6 Å². The number of nitrogens with zero attached hydrogens (tertiary/aromatic N) is 1. The number of ketones is 3. The third-order valence-corrected chi connectivity index (χ3v) is 12.2. The van der Waals surface area contributed by atoms with Crippen molar-refractivity contribution in [3.05, 3.63) is 0 Å². The monoisotopic (exact) mass is 802 g/mol. The summed E-state index contributed by atoms with van der Waals surface area (Å²) in [5.74, 6) is 1.07. The van der Waals surface area contributed by atoms with Crippen LogP contribution in [0, 0.1) is 16.2 Å². The molecule has 0 aromatic heterocycles. The predicted molar refractivity (Wildman–Crippen MR) is 247 cm³/mol. The van der Waals surface area contributed by atoms with Gasteiger partial charge in [-0.2, -0.15) is 0 Å². The van der Waals surface area contributed by atoms with Crippen LogP contribution in [0.2, 0.25) is 0 Å². The van der Waals surface area contributed by atoms with E-state index in [1.807, 2.05) is 20.8 Å². The molecule has 1 unspecified atom stereocenters. The van der Waals surface area contributed by atoms with Crippen LogP contribution in [0.4, 0.5) is 0 Å². The Labute approximate surface area is 355 Å². The Morgan fingerprint density at radius 1 is 0.474 bits per heavy atom. The zero-order valence-electron chi connectivity index (χ0n) is 41.8. The summed E-state index contributed by atoms with van der Waals surface area (Å²) in [4.78, 5) is 44.3. The summed E-state index contributed by atoms with van der Waals surface area (Å²) >= 11 is 0. The van der Waals surface area contributed by atoms with Gasteiger partial charge in [-0.25, -0.2) is 0 Å². The first kappa shape index (κ1) is 53.9. The van der Waals surface area contributed by atoms with Crippen molar-refractivity contribution in [2.24, 2.45) is 16.2 Å². The Bertz CT molecular complexity index is 1240. The van der Waals surface area contributed by atoms with Crippen molar-refractivity contribution >= 4 is 17.3 Å². The van der Waals surface area contributed by atoms with E-state index in [4.69, 9.17) is 0 Å². The molecule has 1 aliphatic rings. The van der Waals surface area contributed by atoms with Crippen molar-refractivity contribution in [3.63, 3.8) is 0 Å². The van der Waals surface area contributed by atoms with Gasteiger partial charge in [0.2, 0.25) is 0 Å². The van der Waals surface area contributed by atoms with Crippen LogP contribution in [0.15, 0.2) is 0 Å². The highest BCUT2D eigenvalue weighted by Crippen LogP contribution is 2.44. The number of unbranched alkanes of at least 4 members (excludes halogenated alkanes) is 11. The maximum Gasteiger partial charge on any atom is 0.158 e. The predicted octanol–water partition coefficient (Wildman–Crippen LogP) is 13.4. The number of rotatable bonds is 24. The molecule has 1 heterocycles. The minimum Gasteiger partial charge on any atom is -0.300 e. The van der Waals surface area contributed by atoms with Crippen molar-refractivity contribution in [1.29, 1.82) is 0 Å². The second kappa shape index (κ2) is 21.1. The van der Waals surface area contributed by atoms with Gasteiger partial charge < -0.3 is 10.6 Å². The van der Waals surface area contributed by atoms with E-state index in [1.165, 1.54) is 38.5 Å². The number of nitrogens with one attached hydrogen (secondary N) is 2. The lowest BCUT2D eigenvalue weighted by Gasteiger charge is -2.48. The molecule has 0 radical (unpaired) electrons. The van der Waals surface area contributed by atoms with Crippen molar-refractivity contribution in [2.75, 3.05) is 6.54 Å². The van der Waals surface area contributed by atoms with E-state index in [9.17, 15) is 14.4 Å². The number of hydrogen-bond donors (Lipinski definition) is 2. The fraction of sp³-hybridized carbons (Fsp3) is 0.941. The van der Waals surface area contributed by atoms with Crippen molar-refractivity contribution in [1.82, 2.24) is 15.5 Å². The fourth-order valence-corrected chi connectivity index (χ4v) is 10.4. The smallest absolute Gasteiger partial charge is 0.158 e. The lowest BCUT2D eigenvalue weighted by molar-refractivity contribution is -0.141. The molecule has 0 aliphatic carbocycles. The van der Waals surface area contributed by atoms with Gasteiger partial charge in [-0.15, -0.1) is 0 Å². The quantitative estimate of drug-likeness (QED) is 0.0947. The summed E-state index contributed by atoms with van der Waals surface area (Å²) in [5.41, 5.74) is -2.85. The van der Waals surface area contributed by atoms with Crippen LogP contribution < -0.4 is 10.6 Å². The molecule has 0 aromatic rings. The van der Waals surface area contributed by atoms with E-state index in [0.29, 0.717) is 17.3 Å². The van der Waals surface area contributed by atoms with Crippen LogP contribution in [-0.4, -0.2) is 62.0 Å². The van der Waals surface area contributed by atoms with Crippen LogP contribution in [0.5, 0.6) is 0 Å². The molecule has 336 valence electrons. The van der Waals surface area contributed by atoms with Gasteiger partial charge in [0.1, 0.15) is 0 Å². The zero-order valence-corrected chi connectivity index (χ0v) is 41.8. The van der Waals surface area contributed by atoms with Gasteiger partial charge in [-0.05, 0) is 114 Å². The average Bonchev–Trinajstić information content (AvgIpc) is 3.46. The van der Waals surface area contributed by atoms with Gasteiger partial charge in [-0.1, -0.05) is 146 Å². The summed E-state index contributed by atoms with van der Waals surface area (Å²) in [6.45, 7) is 41.6. The van der Waals surface area contributed by atoms with E-state index in [1.54, 1.807) is 0 Å². The van der Waals surface area contributed by atoms with Gasteiger partial charge in [0.15, 0.2) is 17.3 Å². The Hall–Kier alpha value is -1.11. The molecule has 0 bridgehead atoms. The summed E-state index contributed by atoms with van der Waals surface area (Å²) in [5, 5.41) is 7.58. The maximum absolute atomic E-state index is 14.4.